The first kappa shape index (κ1) is 30.0. The SMILES string of the molecule is CC(C)S(=O)(=O)N1CC(CC#N)(n2cc(-c3ncnc4c3ccn4COCC[Si](C)(C)C)c(N3C(=O)CCC3=O)n2)C1. The van der Waals surface area contributed by atoms with Crippen molar-refractivity contribution in [1.82, 2.24) is 28.6 Å². The molecule has 13 nitrogen and oxygen atoms in total. The smallest absolute Gasteiger partial charge is 0.235 e. The molecule has 0 radical (unpaired) electrons. The number of imide groups is 1. The van der Waals surface area contributed by atoms with Gasteiger partial charge < -0.3 is 9.30 Å². The monoisotopic (exact) mass is 612 g/mol. The van der Waals surface area contributed by atoms with Gasteiger partial charge in [-0.2, -0.15) is 14.7 Å². The molecular weight excluding hydrogens is 577 g/mol. The summed E-state index contributed by atoms with van der Waals surface area (Å²) in [4.78, 5) is 35.8. The lowest BCUT2D eigenvalue weighted by molar-refractivity contribution is -0.121. The molecule has 0 aliphatic carbocycles. The van der Waals surface area contributed by atoms with Crippen LogP contribution in [0, 0.1) is 11.3 Å². The van der Waals surface area contributed by atoms with E-state index in [9.17, 15) is 23.3 Å². The van der Waals surface area contributed by atoms with Crippen molar-refractivity contribution in [1.29, 1.82) is 5.26 Å². The molecule has 2 aliphatic heterocycles. The van der Waals surface area contributed by atoms with E-state index in [0.717, 1.165) is 10.9 Å². The number of fused-ring (bicyclic) bond motifs is 1. The number of amides is 2. The van der Waals surface area contributed by atoms with Gasteiger partial charge in [0.2, 0.25) is 21.8 Å². The number of rotatable bonds is 11. The molecule has 5 heterocycles. The predicted octanol–water partition coefficient (Wildman–Crippen LogP) is 2.92. The second kappa shape index (κ2) is 11.0. The Morgan fingerprint density at radius 1 is 1.14 bits per heavy atom. The molecule has 2 fully saturated rings. The van der Waals surface area contributed by atoms with Crippen LogP contribution in [0.1, 0.15) is 33.1 Å². The summed E-state index contributed by atoms with van der Waals surface area (Å²) in [5.41, 5.74) is 0.548. The van der Waals surface area contributed by atoms with Gasteiger partial charge in [0, 0.05) is 58.4 Å². The molecule has 2 aliphatic rings. The average Bonchev–Trinajstić information content (AvgIpc) is 3.60. The van der Waals surface area contributed by atoms with Crippen LogP contribution < -0.4 is 4.90 Å². The van der Waals surface area contributed by atoms with Gasteiger partial charge in [0.1, 0.15) is 24.2 Å². The Morgan fingerprint density at radius 2 is 1.83 bits per heavy atom. The van der Waals surface area contributed by atoms with Crippen molar-refractivity contribution in [3.63, 3.8) is 0 Å². The number of aromatic nitrogens is 5. The van der Waals surface area contributed by atoms with Crippen molar-refractivity contribution in [2.45, 2.75) is 76.3 Å². The Kier molecular flexibility index (Phi) is 7.86. The summed E-state index contributed by atoms with van der Waals surface area (Å²) in [6.07, 6.45) is 5.05. The van der Waals surface area contributed by atoms with Crippen LogP contribution in [0.15, 0.2) is 24.8 Å². The maximum Gasteiger partial charge on any atom is 0.235 e. The van der Waals surface area contributed by atoms with E-state index in [0.29, 0.717) is 35.6 Å². The van der Waals surface area contributed by atoms with Crippen molar-refractivity contribution >= 4 is 46.8 Å². The molecule has 2 saturated heterocycles. The van der Waals surface area contributed by atoms with Crippen molar-refractivity contribution in [3.8, 4) is 17.3 Å². The normalized spacial score (nSPS) is 17.8. The fraction of sp³-hybridized carbons (Fsp3) is 0.556. The third-order valence-corrected chi connectivity index (χ3v) is 11.7. The topological polar surface area (TPSA) is 156 Å². The fourth-order valence-corrected chi connectivity index (χ4v) is 7.38. The average molecular weight is 613 g/mol. The fourth-order valence-electron chi connectivity index (χ4n) is 5.19. The maximum atomic E-state index is 12.8. The van der Waals surface area contributed by atoms with Crippen LogP contribution in [-0.4, -0.2) is 81.9 Å². The minimum atomic E-state index is -3.54. The molecule has 0 N–H and O–H groups in total. The molecule has 3 aromatic rings. The molecule has 3 aromatic heterocycles. The number of carbonyl (C=O) groups excluding carboxylic acids is 2. The summed E-state index contributed by atoms with van der Waals surface area (Å²) in [5, 5.41) is 14.4. The van der Waals surface area contributed by atoms with Gasteiger partial charge in [-0.15, -0.1) is 0 Å². The molecule has 2 amide bonds. The standard InChI is InChI=1S/C27H36N8O5SSi/c1-19(2)41(38,39)33-15-27(16-33,9-10-28)34-14-21(26(31-34)35-22(36)6-7-23(35)37)24-20-8-11-32(25(20)30-17-29-24)18-40-12-13-42(3,4)5/h8,11,14,17,19H,6-7,9,12-13,15-16,18H2,1-5H3. The third-order valence-electron chi connectivity index (χ3n) is 7.79. The molecule has 0 atom stereocenters. The number of sulfonamides is 1. The van der Waals surface area contributed by atoms with E-state index in [2.05, 4.69) is 40.8 Å². The molecule has 0 unspecified atom stereocenters. The first-order valence-electron chi connectivity index (χ1n) is 14.0. The number of hydrogen-bond acceptors (Lipinski definition) is 9. The van der Waals surface area contributed by atoms with Crippen LogP contribution in [0.25, 0.3) is 22.3 Å². The quantitative estimate of drug-likeness (QED) is 0.180. The summed E-state index contributed by atoms with van der Waals surface area (Å²) in [6, 6.07) is 5.05. The van der Waals surface area contributed by atoms with Crippen molar-refractivity contribution in [2.75, 3.05) is 24.6 Å². The van der Waals surface area contributed by atoms with Crippen LogP contribution >= 0.6 is 0 Å². The number of ether oxygens (including phenoxy) is 1. The second-order valence-electron chi connectivity index (χ2n) is 12.4. The highest BCUT2D eigenvalue weighted by molar-refractivity contribution is 7.89. The Balaban J connectivity index is 1.55. The maximum absolute atomic E-state index is 12.8. The van der Waals surface area contributed by atoms with Crippen molar-refractivity contribution in [2.24, 2.45) is 0 Å². The Morgan fingerprint density at radius 3 is 2.45 bits per heavy atom. The summed E-state index contributed by atoms with van der Waals surface area (Å²) < 4.78 is 36.3. The Bertz CT molecular complexity index is 1660. The summed E-state index contributed by atoms with van der Waals surface area (Å²) in [7, 11) is -4.78. The lowest BCUT2D eigenvalue weighted by Gasteiger charge is -2.48. The van der Waals surface area contributed by atoms with E-state index in [1.807, 2.05) is 16.8 Å². The first-order valence-corrected chi connectivity index (χ1v) is 19.2. The zero-order valence-corrected chi connectivity index (χ0v) is 26.4. The highest BCUT2D eigenvalue weighted by Crippen LogP contribution is 2.41. The zero-order valence-electron chi connectivity index (χ0n) is 24.6. The minimum Gasteiger partial charge on any atom is -0.361 e. The highest BCUT2D eigenvalue weighted by atomic mass is 32.2. The number of hydrogen-bond donors (Lipinski definition) is 0. The molecule has 0 spiro atoms. The van der Waals surface area contributed by atoms with Gasteiger partial charge in [0.05, 0.1) is 29.0 Å². The number of anilines is 1. The van der Waals surface area contributed by atoms with Gasteiger partial charge in [-0.1, -0.05) is 19.6 Å². The van der Waals surface area contributed by atoms with Crippen LogP contribution in [0.2, 0.25) is 25.7 Å². The number of nitriles is 1. The van der Waals surface area contributed by atoms with E-state index in [1.54, 1.807) is 20.0 Å². The molecule has 224 valence electrons. The minimum absolute atomic E-state index is 0.0100. The molecule has 0 aromatic carbocycles. The largest absolute Gasteiger partial charge is 0.361 e. The summed E-state index contributed by atoms with van der Waals surface area (Å²) in [6.45, 7) is 11.1. The second-order valence-corrected chi connectivity index (χ2v) is 20.6. The zero-order chi connectivity index (χ0) is 30.4. The van der Waals surface area contributed by atoms with Crippen LogP contribution in [-0.2, 0) is 36.6 Å². The van der Waals surface area contributed by atoms with E-state index in [1.165, 1.54) is 15.3 Å². The van der Waals surface area contributed by atoms with E-state index < -0.39 is 28.9 Å². The van der Waals surface area contributed by atoms with Crippen molar-refractivity contribution in [3.05, 3.63) is 24.8 Å². The molecule has 15 heteroatoms. The first-order chi connectivity index (χ1) is 19.8. The predicted molar refractivity (Wildman–Crippen MR) is 158 cm³/mol. The molecular formula is C27H36N8O5SSi. The van der Waals surface area contributed by atoms with E-state index in [4.69, 9.17) is 4.74 Å². The van der Waals surface area contributed by atoms with Gasteiger partial charge >= 0.3 is 0 Å². The van der Waals surface area contributed by atoms with Gasteiger partial charge in [-0.3, -0.25) is 14.3 Å². The lowest BCUT2D eigenvalue weighted by atomic mass is 9.89. The Labute approximate surface area is 246 Å². The van der Waals surface area contributed by atoms with Gasteiger partial charge in [0.15, 0.2) is 5.82 Å². The van der Waals surface area contributed by atoms with Crippen molar-refractivity contribution < 1.29 is 22.7 Å². The highest BCUT2D eigenvalue weighted by Gasteiger charge is 2.51. The Hall–Kier alpha value is -3.45. The molecule has 42 heavy (non-hydrogen) atoms. The van der Waals surface area contributed by atoms with Crippen LogP contribution in [0.5, 0.6) is 0 Å². The molecule has 0 saturated carbocycles. The van der Waals surface area contributed by atoms with Gasteiger partial charge in [0.25, 0.3) is 0 Å². The molecule has 5 rings (SSSR count). The van der Waals surface area contributed by atoms with Crippen LogP contribution in [0.4, 0.5) is 5.82 Å². The van der Waals surface area contributed by atoms with E-state index >= 15 is 0 Å². The van der Waals surface area contributed by atoms with Gasteiger partial charge in [-0.25, -0.2) is 23.3 Å². The third kappa shape index (κ3) is 5.39. The van der Waals surface area contributed by atoms with Gasteiger partial charge in [-0.05, 0) is 26.0 Å². The lowest BCUT2D eigenvalue weighted by Crippen LogP contribution is -2.65. The van der Waals surface area contributed by atoms with Crippen LogP contribution in [0.3, 0.4) is 0 Å². The summed E-state index contributed by atoms with van der Waals surface area (Å²) >= 11 is 0. The number of nitrogens with zero attached hydrogens (tertiary/aromatic N) is 8. The number of carbonyl (C=O) groups is 2. The summed E-state index contributed by atoms with van der Waals surface area (Å²) in [5.74, 6) is -0.640. The van der Waals surface area contributed by atoms with E-state index in [-0.39, 0.29) is 50.0 Å². The molecule has 0 bridgehead atoms.